The molecule has 0 saturated heterocycles. The van der Waals surface area contributed by atoms with E-state index in [9.17, 15) is 4.79 Å². The third-order valence-electron chi connectivity index (χ3n) is 2.24. The summed E-state index contributed by atoms with van der Waals surface area (Å²) in [7, 11) is 1.33. The number of ether oxygens (including phenoxy) is 2. The maximum absolute atomic E-state index is 11.1. The first kappa shape index (κ1) is 12.1. The van der Waals surface area contributed by atoms with Crippen LogP contribution in [-0.4, -0.2) is 24.7 Å². The lowest BCUT2D eigenvalue weighted by molar-refractivity contribution is -0.142. The normalized spacial score (nSPS) is 10.2. The van der Waals surface area contributed by atoms with Crippen molar-refractivity contribution in [2.45, 2.75) is 0 Å². The predicted molar refractivity (Wildman–Crippen MR) is 72.0 cm³/mol. The first-order valence-electron chi connectivity index (χ1n) is 4.95. The Labute approximate surface area is 112 Å². The second-order valence-corrected chi connectivity index (χ2v) is 4.48. The molecule has 2 rings (SSSR count). The van der Waals surface area contributed by atoms with E-state index in [4.69, 9.17) is 4.74 Å². The Kier molecular flexibility index (Phi) is 3.78. The molecule has 0 bridgehead atoms. The van der Waals surface area contributed by atoms with E-state index in [0.717, 1.165) is 14.5 Å². The maximum Gasteiger partial charge on any atom is 0.343 e. The summed E-state index contributed by atoms with van der Waals surface area (Å²) in [6.07, 6.45) is 1.70. The van der Waals surface area contributed by atoms with Crippen molar-refractivity contribution in [1.82, 2.24) is 4.98 Å². The monoisotopic (exact) mass is 343 g/mol. The van der Waals surface area contributed by atoms with Crippen molar-refractivity contribution >= 4 is 39.5 Å². The van der Waals surface area contributed by atoms with Crippen molar-refractivity contribution in [2.75, 3.05) is 13.7 Å². The average Bonchev–Trinajstić information content (AvgIpc) is 2.37. The summed E-state index contributed by atoms with van der Waals surface area (Å²) >= 11 is 2.15. The molecule has 2 aromatic rings. The second kappa shape index (κ2) is 5.31. The lowest BCUT2D eigenvalue weighted by atomic mass is 10.2. The summed E-state index contributed by atoms with van der Waals surface area (Å²) in [4.78, 5) is 15.3. The highest BCUT2D eigenvalue weighted by Crippen LogP contribution is 2.29. The number of nitrogens with zero attached hydrogens (tertiary/aromatic N) is 1. The Bertz CT molecular complexity index is 556. The number of rotatable bonds is 3. The third kappa shape index (κ3) is 2.66. The Morgan fingerprint density at radius 3 is 3.00 bits per heavy atom. The van der Waals surface area contributed by atoms with Gasteiger partial charge in [-0.3, -0.25) is 4.98 Å². The number of hydrogen-bond donors (Lipinski definition) is 0. The number of aromatic nitrogens is 1. The van der Waals surface area contributed by atoms with Crippen molar-refractivity contribution < 1.29 is 14.3 Å². The molecular formula is C12H10INO3. The number of hydrogen-bond acceptors (Lipinski definition) is 4. The molecule has 0 aliphatic heterocycles. The molecule has 0 spiro atoms. The number of methoxy groups -OCH3 is 1. The average molecular weight is 343 g/mol. The molecule has 0 aliphatic rings. The molecule has 5 heteroatoms. The van der Waals surface area contributed by atoms with Gasteiger partial charge in [0.25, 0.3) is 0 Å². The van der Waals surface area contributed by atoms with Gasteiger partial charge in [-0.2, -0.15) is 0 Å². The highest BCUT2D eigenvalue weighted by molar-refractivity contribution is 14.1. The van der Waals surface area contributed by atoms with Gasteiger partial charge in [0.05, 0.1) is 10.7 Å². The largest absolute Gasteiger partial charge is 0.478 e. The van der Waals surface area contributed by atoms with Gasteiger partial charge >= 0.3 is 5.97 Å². The zero-order valence-corrected chi connectivity index (χ0v) is 11.3. The van der Waals surface area contributed by atoms with Crippen LogP contribution in [0.5, 0.6) is 5.75 Å². The van der Waals surface area contributed by atoms with Crippen LogP contribution in [0.4, 0.5) is 0 Å². The van der Waals surface area contributed by atoms with Gasteiger partial charge in [-0.05, 0) is 34.7 Å². The van der Waals surface area contributed by atoms with Gasteiger partial charge in [0.2, 0.25) is 0 Å². The number of carbonyl (C=O) groups is 1. The highest BCUT2D eigenvalue weighted by Gasteiger charge is 2.10. The summed E-state index contributed by atoms with van der Waals surface area (Å²) in [5.41, 5.74) is 0.753. The molecule has 0 radical (unpaired) electrons. The van der Waals surface area contributed by atoms with Crippen molar-refractivity contribution in [3.8, 4) is 5.75 Å². The smallest absolute Gasteiger partial charge is 0.343 e. The van der Waals surface area contributed by atoms with Gasteiger partial charge in [0.15, 0.2) is 12.4 Å². The number of halogens is 1. The summed E-state index contributed by atoms with van der Waals surface area (Å²) in [5.74, 6) is 0.211. The summed E-state index contributed by atoms with van der Waals surface area (Å²) in [6.45, 7) is -0.109. The molecule has 4 nitrogen and oxygen atoms in total. The van der Waals surface area contributed by atoms with E-state index in [2.05, 4.69) is 32.3 Å². The van der Waals surface area contributed by atoms with E-state index >= 15 is 0 Å². The molecular weight excluding hydrogens is 333 g/mol. The van der Waals surface area contributed by atoms with Crippen LogP contribution < -0.4 is 4.74 Å². The van der Waals surface area contributed by atoms with Crippen molar-refractivity contribution in [2.24, 2.45) is 0 Å². The fourth-order valence-corrected chi connectivity index (χ4v) is 2.01. The first-order chi connectivity index (χ1) is 8.22. The van der Waals surface area contributed by atoms with Crippen LogP contribution in [0.3, 0.4) is 0 Å². The van der Waals surface area contributed by atoms with E-state index in [0.29, 0.717) is 5.75 Å². The topological polar surface area (TPSA) is 48.4 Å². The number of benzene rings is 1. The van der Waals surface area contributed by atoms with E-state index in [1.807, 2.05) is 24.3 Å². The minimum Gasteiger partial charge on any atom is -0.478 e. The van der Waals surface area contributed by atoms with Gasteiger partial charge in [0, 0.05) is 11.6 Å². The van der Waals surface area contributed by atoms with Gasteiger partial charge in [-0.1, -0.05) is 12.1 Å². The molecule has 0 N–H and O–H groups in total. The van der Waals surface area contributed by atoms with Gasteiger partial charge in [-0.25, -0.2) is 4.79 Å². The van der Waals surface area contributed by atoms with Crippen LogP contribution in [0.1, 0.15) is 0 Å². The number of carbonyl (C=O) groups excluding carboxylic acids is 1. The van der Waals surface area contributed by atoms with Gasteiger partial charge < -0.3 is 9.47 Å². The second-order valence-electron chi connectivity index (χ2n) is 3.32. The molecule has 0 unspecified atom stereocenters. The lowest BCUT2D eigenvalue weighted by Gasteiger charge is -2.09. The Morgan fingerprint density at radius 1 is 1.41 bits per heavy atom. The molecule has 0 fully saturated rings. The molecule has 0 saturated carbocycles. The quantitative estimate of drug-likeness (QED) is 0.634. The van der Waals surface area contributed by atoms with Gasteiger partial charge in [-0.15, -0.1) is 0 Å². The molecule has 1 aromatic heterocycles. The van der Waals surface area contributed by atoms with Crippen LogP contribution in [0.2, 0.25) is 0 Å². The fraction of sp³-hybridized carbons (Fsp3) is 0.167. The number of fused-ring (bicyclic) bond motifs is 1. The predicted octanol–water partition coefficient (Wildman–Crippen LogP) is 2.39. The van der Waals surface area contributed by atoms with Gasteiger partial charge in [0.1, 0.15) is 5.52 Å². The lowest BCUT2D eigenvalue weighted by Crippen LogP contribution is -2.13. The van der Waals surface area contributed by atoms with E-state index in [1.54, 1.807) is 6.20 Å². The van der Waals surface area contributed by atoms with E-state index < -0.39 is 5.97 Å². The minimum absolute atomic E-state index is 0.109. The summed E-state index contributed by atoms with van der Waals surface area (Å²) in [5, 5.41) is 0.979. The molecule has 88 valence electrons. The number of pyridine rings is 1. The number of esters is 1. The molecule has 1 heterocycles. The first-order valence-corrected chi connectivity index (χ1v) is 6.03. The van der Waals surface area contributed by atoms with Crippen LogP contribution >= 0.6 is 22.6 Å². The highest BCUT2D eigenvalue weighted by atomic mass is 127. The van der Waals surface area contributed by atoms with Crippen LogP contribution in [0.15, 0.2) is 30.5 Å². The standard InChI is InChI=1S/C12H10INO3/c1-16-10(15)7-17-12-9(13)5-4-8-3-2-6-14-11(8)12/h2-6H,7H2,1H3. The molecule has 0 amide bonds. The molecule has 17 heavy (non-hydrogen) atoms. The van der Waals surface area contributed by atoms with Crippen molar-refractivity contribution in [3.63, 3.8) is 0 Å². The Balaban J connectivity index is 2.37. The zero-order chi connectivity index (χ0) is 12.3. The van der Waals surface area contributed by atoms with Crippen LogP contribution in [-0.2, 0) is 9.53 Å². The zero-order valence-electron chi connectivity index (χ0n) is 9.14. The minimum atomic E-state index is -0.409. The van der Waals surface area contributed by atoms with Crippen LogP contribution in [0.25, 0.3) is 10.9 Å². The van der Waals surface area contributed by atoms with E-state index in [-0.39, 0.29) is 6.61 Å². The third-order valence-corrected chi connectivity index (χ3v) is 3.09. The van der Waals surface area contributed by atoms with E-state index in [1.165, 1.54) is 7.11 Å². The molecule has 0 atom stereocenters. The van der Waals surface area contributed by atoms with Crippen molar-refractivity contribution in [3.05, 3.63) is 34.0 Å². The van der Waals surface area contributed by atoms with Crippen molar-refractivity contribution in [1.29, 1.82) is 0 Å². The molecule has 0 aliphatic carbocycles. The fourth-order valence-electron chi connectivity index (χ4n) is 1.42. The SMILES string of the molecule is COC(=O)COc1c(I)ccc2cccnc12. The maximum atomic E-state index is 11.1. The summed E-state index contributed by atoms with van der Waals surface area (Å²) < 4.78 is 10.9. The Morgan fingerprint density at radius 2 is 2.24 bits per heavy atom. The Hall–Kier alpha value is -1.37. The summed E-state index contributed by atoms with van der Waals surface area (Å²) in [6, 6.07) is 7.70. The molecule has 1 aromatic carbocycles. The van der Waals surface area contributed by atoms with Crippen LogP contribution in [0, 0.1) is 3.57 Å².